The van der Waals surface area contributed by atoms with Gasteiger partial charge < -0.3 is 20.1 Å². The van der Waals surface area contributed by atoms with Crippen molar-refractivity contribution in [3.8, 4) is 12.3 Å². The summed E-state index contributed by atoms with van der Waals surface area (Å²) >= 11 is 0. The van der Waals surface area contributed by atoms with Crippen molar-refractivity contribution in [2.75, 3.05) is 32.8 Å². The van der Waals surface area contributed by atoms with E-state index >= 15 is 0 Å². The molecule has 0 radical (unpaired) electrons. The van der Waals surface area contributed by atoms with Crippen LogP contribution in [-0.2, 0) is 9.53 Å². The summed E-state index contributed by atoms with van der Waals surface area (Å²) in [5.74, 6) is 1.16. The van der Waals surface area contributed by atoms with Gasteiger partial charge in [0.15, 0.2) is 0 Å². The van der Waals surface area contributed by atoms with Crippen LogP contribution in [-0.4, -0.2) is 54.9 Å². The molecule has 102 valence electrons. The highest BCUT2D eigenvalue weighted by Crippen LogP contribution is 1.90. The van der Waals surface area contributed by atoms with Gasteiger partial charge >= 0.3 is 12.0 Å². The second-order valence-corrected chi connectivity index (χ2v) is 3.65. The Morgan fingerprint density at radius 3 is 2.72 bits per heavy atom. The fourth-order valence-electron chi connectivity index (χ4n) is 1.20. The first-order chi connectivity index (χ1) is 8.61. The highest BCUT2D eigenvalue weighted by molar-refractivity contribution is 5.80. The molecule has 0 saturated carbocycles. The van der Waals surface area contributed by atoms with E-state index in [9.17, 15) is 9.59 Å². The Labute approximate surface area is 107 Å². The first-order valence-electron chi connectivity index (χ1n) is 5.87. The van der Waals surface area contributed by atoms with E-state index in [0.29, 0.717) is 26.2 Å². The van der Waals surface area contributed by atoms with Gasteiger partial charge in [0.1, 0.15) is 6.54 Å². The summed E-state index contributed by atoms with van der Waals surface area (Å²) in [6, 6.07) is -0.467. The molecule has 0 aliphatic heterocycles. The van der Waals surface area contributed by atoms with Crippen molar-refractivity contribution in [3.63, 3.8) is 0 Å². The molecule has 0 atom stereocenters. The van der Waals surface area contributed by atoms with E-state index in [1.807, 2.05) is 6.92 Å². The van der Waals surface area contributed by atoms with Crippen molar-refractivity contribution >= 4 is 12.0 Å². The number of aliphatic carboxylic acids is 1. The monoisotopic (exact) mass is 256 g/mol. The minimum atomic E-state index is -1.09. The molecule has 0 heterocycles. The zero-order valence-electron chi connectivity index (χ0n) is 10.6. The number of carboxylic acid groups (broad SMARTS) is 1. The van der Waals surface area contributed by atoms with E-state index in [1.54, 1.807) is 0 Å². The number of ether oxygens (including phenoxy) is 1. The van der Waals surface area contributed by atoms with E-state index in [2.05, 4.69) is 11.2 Å². The molecule has 0 fully saturated rings. The molecule has 18 heavy (non-hydrogen) atoms. The third-order valence-electron chi connectivity index (χ3n) is 1.99. The average molecular weight is 256 g/mol. The largest absolute Gasteiger partial charge is 0.480 e. The van der Waals surface area contributed by atoms with Crippen LogP contribution in [0.15, 0.2) is 0 Å². The summed E-state index contributed by atoms with van der Waals surface area (Å²) < 4.78 is 5.25. The lowest BCUT2D eigenvalue weighted by Gasteiger charge is -2.18. The van der Waals surface area contributed by atoms with Gasteiger partial charge in [0.2, 0.25) is 0 Å². The molecule has 0 bridgehead atoms. The van der Waals surface area contributed by atoms with Gasteiger partial charge in [-0.25, -0.2) is 4.79 Å². The van der Waals surface area contributed by atoms with Crippen LogP contribution in [0, 0.1) is 12.3 Å². The van der Waals surface area contributed by atoms with Crippen LogP contribution in [0.3, 0.4) is 0 Å². The third-order valence-corrected chi connectivity index (χ3v) is 1.99. The molecule has 0 aliphatic carbocycles. The molecule has 2 N–H and O–H groups in total. The summed E-state index contributed by atoms with van der Waals surface area (Å²) in [6.45, 7) is 3.31. The van der Waals surface area contributed by atoms with Crippen molar-refractivity contribution in [1.82, 2.24) is 10.2 Å². The van der Waals surface area contributed by atoms with Gasteiger partial charge in [0.05, 0.1) is 6.54 Å². The minimum absolute atomic E-state index is 0.0233. The molecule has 0 rings (SSSR count). The van der Waals surface area contributed by atoms with E-state index in [4.69, 9.17) is 16.3 Å². The maximum atomic E-state index is 11.6. The van der Waals surface area contributed by atoms with Crippen LogP contribution in [0.5, 0.6) is 0 Å². The maximum absolute atomic E-state index is 11.6. The first-order valence-corrected chi connectivity index (χ1v) is 5.87. The number of nitrogens with zero attached hydrogens (tertiary/aromatic N) is 1. The number of carbonyl (C=O) groups excluding carboxylic acids is 1. The molecule has 0 aromatic carbocycles. The molecule has 6 nitrogen and oxygen atoms in total. The SMILES string of the molecule is C#CCN(CC(=O)O)C(=O)NCCCOCCC. The van der Waals surface area contributed by atoms with Crippen molar-refractivity contribution < 1.29 is 19.4 Å². The molecular formula is C12H20N2O4. The van der Waals surface area contributed by atoms with Crippen LogP contribution >= 0.6 is 0 Å². The Balaban J connectivity index is 3.82. The average Bonchev–Trinajstić information content (AvgIpc) is 2.32. The number of terminal acetylenes is 1. The van der Waals surface area contributed by atoms with E-state index in [0.717, 1.165) is 11.3 Å². The lowest BCUT2D eigenvalue weighted by molar-refractivity contribution is -0.137. The molecule has 0 aliphatic rings. The van der Waals surface area contributed by atoms with Gasteiger partial charge in [-0.2, -0.15) is 0 Å². The number of amides is 2. The smallest absolute Gasteiger partial charge is 0.323 e. The van der Waals surface area contributed by atoms with E-state index in [-0.39, 0.29) is 6.54 Å². The number of nitrogens with one attached hydrogen (secondary N) is 1. The molecule has 0 aromatic rings. The van der Waals surface area contributed by atoms with E-state index in [1.165, 1.54) is 0 Å². The van der Waals surface area contributed by atoms with Crippen molar-refractivity contribution in [2.45, 2.75) is 19.8 Å². The van der Waals surface area contributed by atoms with Crippen molar-refractivity contribution in [3.05, 3.63) is 0 Å². The van der Waals surface area contributed by atoms with Gasteiger partial charge in [-0.3, -0.25) is 4.79 Å². The predicted molar refractivity (Wildman–Crippen MR) is 67.2 cm³/mol. The third kappa shape index (κ3) is 8.42. The van der Waals surface area contributed by atoms with Crippen molar-refractivity contribution in [2.24, 2.45) is 0 Å². The first kappa shape index (κ1) is 16.3. The lowest BCUT2D eigenvalue weighted by atomic mass is 10.4. The Bertz CT molecular complexity index is 299. The Morgan fingerprint density at radius 2 is 2.17 bits per heavy atom. The van der Waals surface area contributed by atoms with Crippen molar-refractivity contribution in [1.29, 1.82) is 0 Å². The Hall–Kier alpha value is -1.74. The summed E-state index contributed by atoms with van der Waals surface area (Å²) in [6.07, 6.45) is 6.71. The number of urea groups is 1. The number of carbonyl (C=O) groups is 2. The molecule has 0 spiro atoms. The molecule has 2 amide bonds. The number of carboxylic acids is 1. The fraction of sp³-hybridized carbons (Fsp3) is 0.667. The van der Waals surface area contributed by atoms with Gasteiger partial charge in [0.25, 0.3) is 0 Å². The minimum Gasteiger partial charge on any atom is -0.480 e. The molecular weight excluding hydrogens is 236 g/mol. The zero-order valence-corrected chi connectivity index (χ0v) is 10.6. The van der Waals surface area contributed by atoms with E-state index < -0.39 is 18.5 Å². The lowest BCUT2D eigenvalue weighted by Crippen LogP contribution is -2.43. The second-order valence-electron chi connectivity index (χ2n) is 3.65. The summed E-state index contributed by atoms with van der Waals surface area (Å²) in [4.78, 5) is 23.2. The molecule has 0 aromatic heterocycles. The summed E-state index contributed by atoms with van der Waals surface area (Å²) in [5.41, 5.74) is 0. The summed E-state index contributed by atoms with van der Waals surface area (Å²) in [5, 5.41) is 11.2. The van der Waals surface area contributed by atoms with Crippen LogP contribution in [0.1, 0.15) is 19.8 Å². The highest BCUT2D eigenvalue weighted by atomic mass is 16.5. The Morgan fingerprint density at radius 1 is 1.44 bits per heavy atom. The quantitative estimate of drug-likeness (QED) is 0.466. The molecule has 6 heteroatoms. The highest BCUT2D eigenvalue weighted by Gasteiger charge is 2.14. The van der Waals surface area contributed by atoms with Gasteiger partial charge in [-0.05, 0) is 12.8 Å². The Kier molecular flexibility index (Phi) is 9.41. The van der Waals surface area contributed by atoms with Gasteiger partial charge in [0, 0.05) is 19.8 Å². The number of hydrogen-bond acceptors (Lipinski definition) is 3. The van der Waals surface area contributed by atoms with Crippen LogP contribution in [0.25, 0.3) is 0 Å². The fourth-order valence-corrected chi connectivity index (χ4v) is 1.20. The summed E-state index contributed by atoms with van der Waals surface area (Å²) in [7, 11) is 0. The maximum Gasteiger partial charge on any atom is 0.323 e. The van der Waals surface area contributed by atoms with Crippen LogP contribution in [0.4, 0.5) is 4.79 Å². The van der Waals surface area contributed by atoms with Gasteiger partial charge in [-0.15, -0.1) is 6.42 Å². The van der Waals surface area contributed by atoms with Crippen LogP contribution < -0.4 is 5.32 Å². The predicted octanol–water partition coefficient (Wildman–Crippen LogP) is 0.532. The molecule has 0 unspecified atom stereocenters. The van der Waals surface area contributed by atoms with Crippen LogP contribution in [0.2, 0.25) is 0 Å². The topological polar surface area (TPSA) is 78.9 Å². The van der Waals surface area contributed by atoms with Gasteiger partial charge in [-0.1, -0.05) is 12.8 Å². The zero-order chi connectivity index (χ0) is 13.8. The number of hydrogen-bond donors (Lipinski definition) is 2. The normalized spacial score (nSPS) is 9.56. The standard InChI is InChI=1S/C12H20N2O4/c1-3-7-14(10-11(15)16)12(17)13-6-5-9-18-8-4-2/h1H,4-10H2,2H3,(H,13,17)(H,15,16). The second kappa shape index (κ2) is 10.4. The molecule has 0 saturated heterocycles. The number of rotatable bonds is 9.